The van der Waals surface area contributed by atoms with E-state index in [9.17, 15) is 9.90 Å². The van der Waals surface area contributed by atoms with Crippen LogP contribution < -0.4 is 9.47 Å². The molecule has 0 saturated carbocycles. The van der Waals surface area contributed by atoms with E-state index in [-0.39, 0.29) is 13.2 Å². The Morgan fingerprint density at radius 1 is 1.03 bits per heavy atom. The lowest BCUT2D eigenvalue weighted by molar-refractivity contribution is 0.0693. The highest BCUT2D eigenvalue weighted by atomic mass is 35.5. The molecule has 0 spiro atoms. The molecular weight excluding hydrogens is 390 g/mol. The lowest BCUT2D eigenvalue weighted by atomic mass is 9.95. The summed E-state index contributed by atoms with van der Waals surface area (Å²) in [4.78, 5) is 15.9. The van der Waals surface area contributed by atoms with Crippen LogP contribution in [0.25, 0.3) is 0 Å². The van der Waals surface area contributed by atoms with Gasteiger partial charge < -0.3 is 14.6 Å². The van der Waals surface area contributed by atoms with Crippen LogP contribution in [0.15, 0.2) is 54.6 Å². The number of aryl methyl sites for hydroxylation is 2. The maximum atomic E-state index is 11.7. The summed E-state index contributed by atoms with van der Waals surface area (Å²) in [5.74, 6) is 0.284. The van der Waals surface area contributed by atoms with Crippen molar-refractivity contribution in [2.24, 2.45) is 0 Å². The van der Waals surface area contributed by atoms with E-state index in [1.165, 1.54) is 0 Å². The van der Waals surface area contributed by atoms with Crippen molar-refractivity contribution in [3.05, 3.63) is 87.7 Å². The minimum Gasteiger partial charge on any atom is -0.489 e. The second-order valence-corrected chi connectivity index (χ2v) is 6.94. The summed E-state index contributed by atoms with van der Waals surface area (Å²) >= 11 is 5.89. The summed E-state index contributed by atoms with van der Waals surface area (Å²) in [5, 5.41) is 10.0. The molecule has 0 atom stereocenters. The lowest BCUT2D eigenvalue weighted by Gasteiger charge is -2.15. The first-order valence-corrected chi connectivity index (χ1v) is 9.67. The highest BCUT2D eigenvalue weighted by molar-refractivity contribution is 6.29. The minimum absolute atomic E-state index is 0.172. The number of rotatable bonds is 8. The third kappa shape index (κ3) is 5.27. The number of pyridine rings is 1. The van der Waals surface area contributed by atoms with Crippen molar-refractivity contribution in [3.63, 3.8) is 0 Å². The third-order valence-corrected chi connectivity index (χ3v) is 4.77. The van der Waals surface area contributed by atoms with Gasteiger partial charge in [-0.2, -0.15) is 0 Å². The Kier molecular flexibility index (Phi) is 6.73. The van der Waals surface area contributed by atoms with E-state index in [1.807, 2.05) is 49.4 Å². The summed E-state index contributed by atoms with van der Waals surface area (Å²) in [7, 11) is 0. The Balaban J connectivity index is 1.73. The Hall–Kier alpha value is -3.05. The van der Waals surface area contributed by atoms with Gasteiger partial charge in [-0.3, -0.25) is 0 Å². The van der Waals surface area contributed by atoms with Crippen LogP contribution >= 0.6 is 11.6 Å². The number of carboxylic acid groups (broad SMARTS) is 1. The van der Waals surface area contributed by atoms with Gasteiger partial charge in [-0.25, -0.2) is 9.78 Å². The largest absolute Gasteiger partial charge is 0.489 e. The molecule has 2 aromatic carbocycles. The first-order chi connectivity index (χ1) is 14.0. The number of aromatic carboxylic acids is 1. The number of aromatic nitrogens is 1. The molecule has 0 saturated heterocycles. The second kappa shape index (κ2) is 9.43. The summed E-state index contributed by atoms with van der Waals surface area (Å²) in [6.07, 6.45) is 0.731. The number of halogens is 1. The molecule has 0 fully saturated rings. The molecule has 0 unspecified atom stereocenters. The van der Waals surface area contributed by atoms with Gasteiger partial charge >= 0.3 is 5.97 Å². The summed E-state index contributed by atoms with van der Waals surface area (Å²) in [6, 6.07) is 16.4. The number of hydrogen-bond donors (Lipinski definition) is 1. The topological polar surface area (TPSA) is 68.7 Å². The van der Waals surface area contributed by atoms with Crippen LogP contribution in [0.2, 0.25) is 5.15 Å². The molecule has 0 aliphatic carbocycles. The average molecular weight is 412 g/mol. The van der Waals surface area contributed by atoms with Gasteiger partial charge in [0.05, 0.1) is 11.3 Å². The fraction of sp³-hybridized carbons (Fsp3) is 0.217. The van der Waals surface area contributed by atoms with Crippen molar-refractivity contribution in [2.75, 3.05) is 0 Å². The molecule has 0 aliphatic rings. The van der Waals surface area contributed by atoms with Crippen LogP contribution in [0.5, 0.6) is 11.5 Å². The number of hydrogen-bond acceptors (Lipinski definition) is 4. The molecule has 150 valence electrons. The van der Waals surface area contributed by atoms with Gasteiger partial charge in [0, 0.05) is 11.6 Å². The SMILES string of the molecule is CCc1ccc(C)c(C(=O)O)c1COc1cccc(OCc2cccc(Cl)n2)c1. The van der Waals surface area contributed by atoms with Gasteiger partial charge in [0.25, 0.3) is 0 Å². The first-order valence-electron chi connectivity index (χ1n) is 9.29. The number of carbonyl (C=O) groups is 1. The zero-order chi connectivity index (χ0) is 20.8. The molecule has 5 nitrogen and oxygen atoms in total. The molecule has 3 rings (SSSR count). The Morgan fingerprint density at radius 2 is 1.72 bits per heavy atom. The molecule has 1 N–H and O–H groups in total. The smallest absolute Gasteiger partial charge is 0.336 e. The Labute approximate surface area is 174 Å². The average Bonchev–Trinajstić information content (AvgIpc) is 2.71. The van der Waals surface area contributed by atoms with E-state index in [0.717, 1.165) is 23.2 Å². The highest BCUT2D eigenvalue weighted by Crippen LogP contribution is 2.25. The van der Waals surface area contributed by atoms with E-state index in [4.69, 9.17) is 21.1 Å². The van der Waals surface area contributed by atoms with Gasteiger partial charge in [0.1, 0.15) is 29.9 Å². The molecular formula is C23H22ClNO4. The fourth-order valence-corrected chi connectivity index (χ4v) is 3.28. The molecule has 6 heteroatoms. The molecule has 1 heterocycles. The van der Waals surface area contributed by atoms with Crippen molar-refractivity contribution in [3.8, 4) is 11.5 Å². The molecule has 0 bridgehead atoms. The Bertz CT molecular complexity index is 1020. The van der Waals surface area contributed by atoms with Crippen molar-refractivity contribution in [1.29, 1.82) is 0 Å². The maximum Gasteiger partial charge on any atom is 0.336 e. The van der Waals surface area contributed by atoms with Crippen LogP contribution in [-0.2, 0) is 19.6 Å². The molecule has 1 aromatic heterocycles. The fourth-order valence-electron chi connectivity index (χ4n) is 3.10. The van der Waals surface area contributed by atoms with Gasteiger partial charge in [0.2, 0.25) is 0 Å². The van der Waals surface area contributed by atoms with E-state index in [2.05, 4.69) is 4.98 Å². The maximum absolute atomic E-state index is 11.7. The van der Waals surface area contributed by atoms with E-state index in [1.54, 1.807) is 19.1 Å². The zero-order valence-corrected chi connectivity index (χ0v) is 17.1. The van der Waals surface area contributed by atoms with Crippen LogP contribution in [-0.4, -0.2) is 16.1 Å². The summed E-state index contributed by atoms with van der Waals surface area (Å²) in [6.45, 7) is 4.25. The molecule has 0 aliphatic heterocycles. The summed E-state index contributed by atoms with van der Waals surface area (Å²) in [5.41, 5.74) is 3.42. The predicted octanol–water partition coefficient (Wildman–Crippen LogP) is 5.46. The van der Waals surface area contributed by atoms with E-state index in [0.29, 0.717) is 27.8 Å². The van der Waals surface area contributed by atoms with Crippen molar-refractivity contribution in [1.82, 2.24) is 4.98 Å². The van der Waals surface area contributed by atoms with Gasteiger partial charge in [0.15, 0.2) is 0 Å². The second-order valence-electron chi connectivity index (χ2n) is 6.56. The van der Waals surface area contributed by atoms with E-state index < -0.39 is 5.97 Å². The van der Waals surface area contributed by atoms with Crippen LogP contribution in [0.3, 0.4) is 0 Å². The first kappa shape index (κ1) is 20.7. The number of ether oxygens (including phenoxy) is 2. The monoisotopic (exact) mass is 411 g/mol. The standard InChI is InChI=1S/C23H22ClNO4/c1-3-16-11-10-15(2)22(23(26)27)20(16)14-29-19-8-5-7-18(12-19)28-13-17-6-4-9-21(24)25-17/h4-12H,3,13-14H2,1-2H3,(H,26,27). The highest BCUT2D eigenvalue weighted by Gasteiger charge is 2.17. The molecule has 0 amide bonds. The molecule has 0 radical (unpaired) electrons. The minimum atomic E-state index is -0.942. The normalized spacial score (nSPS) is 10.6. The number of carboxylic acids is 1. The third-order valence-electron chi connectivity index (χ3n) is 4.56. The van der Waals surface area contributed by atoms with Crippen molar-refractivity contribution >= 4 is 17.6 Å². The van der Waals surface area contributed by atoms with Crippen molar-refractivity contribution < 1.29 is 19.4 Å². The van der Waals surface area contributed by atoms with Gasteiger partial charge in [-0.05, 0) is 48.7 Å². The zero-order valence-electron chi connectivity index (χ0n) is 16.3. The van der Waals surface area contributed by atoms with Crippen LogP contribution in [0.1, 0.15) is 39.7 Å². The Morgan fingerprint density at radius 3 is 2.38 bits per heavy atom. The predicted molar refractivity (Wildman–Crippen MR) is 112 cm³/mol. The van der Waals surface area contributed by atoms with Gasteiger partial charge in [-0.15, -0.1) is 0 Å². The van der Waals surface area contributed by atoms with Crippen LogP contribution in [0.4, 0.5) is 0 Å². The van der Waals surface area contributed by atoms with Gasteiger partial charge in [-0.1, -0.05) is 42.8 Å². The lowest BCUT2D eigenvalue weighted by Crippen LogP contribution is -2.11. The van der Waals surface area contributed by atoms with Crippen LogP contribution in [0, 0.1) is 6.92 Å². The molecule has 29 heavy (non-hydrogen) atoms. The summed E-state index contributed by atoms with van der Waals surface area (Å²) < 4.78 is 11.7. The van der Waals surface area contributed by atoms with E-state index >= 15 is 0 Å². The number of nitrogens with zero attached hydrogens (tertiary/aromatic N) is 1. The van der Waals surface area contributed by atoms with Crippen molar-refractivity contribution in [2.45, 2.75) is 33.5 Å². The molecule has 3 aromatic rings. The number of benzene rings is 2. The quantitative estimate of drug-likeness (QED) is 0.498.